The number of carbonyl (C=O) groups excluding carboxylic acids is 2. The SMILES string of the molecule is COC(=O)C=C(N)CC(=O)OC. The number of carbonyl (C=O) groups is 2. The van der Waals surface area contributed by atoms with Gasteiger partial charge < -0.3 is 15.2 Å². The lowest BCUT2D eigenvalue weighted by Crippen LogP contribution is -2.10. The van der Waals surface area contributed by atoms with E-state index in [4.69, 9.17) is 5.73 Å². The first-order chi connectivity index (χ1) is 5.60. The Balaban J connectivity index is 4.02. The van der Waals surface area contributed by atoms with Gasteiger partial charge in [0.1, 0.15) is 0 Å². The van der Waals surface area contributed by atoms with Crippen molar-refractivity contribution >= 4 is 11.9 Å². The van der Waals surface area contributed by atoms with Crippen LogP contribution in [0.5, 0.6) is 0 Å². The fourth-order valence-electron chi connectivity index (χ4n) is 0.500. The van der Waals surface area contributed by atoms with Gasteiger partial charge in [-0.2, -0.15) is 0 Å². The molecule has 0 saturated heterocycles. The van der Waals surface area contributed by atoms with Gasteiger partial charge in [0.05, 0.1) is 20.6 Å². The monoisotopic (exact) mass is 173 g/mol. The Kier molecular flexibility index (Phi) is 4.52. The second-order valence-corrected chi connectivity index (χ2v) is 2.00. The number of hydrogen-bond donors (Lipinski definition) is 1. The molecule has 0 saturated carbocycles. The van der Waals surface area contributed by atoms with Gasteiger partial charge in [0.25, 0.3) is 0 Å². The summed E-state index contributed by atoms with van der Waals surface area (Å²) in [7, 11) is 2.47. The zero-order valence-electron chi connectivity index (χ0n) is 6.99. The maximum Gasteiger partial charge on any atom is 0.332 e. The van der Waals surface area contributed by atoms with E-state index in [9.17, 15) is 9.59 Å². The highest BCUT2D eigenvalue weighted by molar-refractivity contribution is 5.84. The topological polar surface area (TPSA) is 78.6 Å². The maximum absolute atomic E-state index is 10.6. The zero-order valence-corrected chi connectivity index (χ0v) is 6.99. The fraction of sp³-hybridized carbons (Fsp3) is 0.429. The molecule has 0 aromatic heterocycles. The van der Waals surface area contributed by atoms with Crippen LogP contribution in [0, 0.1) is 0 Å². The number of rotatable bonds is 3. The second-order valence-electron chi connectivity index (χ2n) is 2.00. The molecule has 5 nitrogen and oxygen atoms in total. The third-order valence-corrected chi connectivity index (χ3v) is 1.08. The van der Waals surface area contributed by atoms with Crippen LogP contribution in [0.25, 0.3) is 0 Å². The van der Waals surface area contributed by atoms with E-state index in [1.165, 1.54) is 14.2 Å². The average Bonchev–Trinajstić information content (AvgIpc) is 2.03. The lowest BCUT2D eigenvalue weighted by Gasteiger charge is -1.98. The van der Waals surface area contributed by atoms with Crippen LogP contribution in [0.4, 0.5) is 0 Å². The normalized spacial score (nSPS) is 10.7. The molecular weight excluding hydrogens is 162 g/mol. The molecule has 5 heteroatoms. The van der Waals surface area contributed by atoms with Crippen molar-refractivity contribution in [3.63, 3.8) is 0 Å². The molecule has 68 valence electrons. The average molecular weight is 173 g/mol. The van der Waals surface area contributed by atoms with Gasteiger partial charge in [-0.15, -0.1) is 0 Å². The van der Waals surface area contributed by atoms with E-state index in [1.807, 2.05) is 0 Å². The molecule has 0 bridgehead atoms. The second kappa shape index (κ2) is 5.17. The van der Waals surface area contributed by atoms with Crippen LogP contribution < -0.4 is 5.73 Å². The molecule has 2 N–H and O–H groups in total. The first kappa shape index (κ1) is 10.5. The van der Waals surface area contributed by atoms with Crippen LogP contribution in [0.2, 0.25) is 0 Å². The number of esters is 2. The summed E-state index contributed by atoms with van der Waals surface area (Å²) in [6.07, 6.45) is 0.933. The van der Waals surface area contributed by atoms with Gasteiger partial charge in [0.15, 0.2) is 0 Å². The molecule has 0 rings (SSSR count). The summed E-state index contributed by atoms with van der Waals surface area (Å²) < 4.78 is 8.61. The molecule has 0 aliphatic carbocycles. The summed E-state index contributed by atoms with van der Waals surface area (Å²) in [5.41, 5.74) is 5.41. The van der Waals surface area contributed by atoms with E-state index in [-0.39, 0.29) is 12.1 Å². The molecule has 0 aromatic carbocycles. The first-order valence-corrected chi connectivity index (χ1v) is 3.21. The minimum atomic E-state index is -0.587. The van der Waals surface area contributed by atoms with Crippen molar-refractivity contribution in [3.05, 3.63) is 11.8 Å². The third-order valence-electron chi connectivity index (χ3n) is 1.08. The van der Waals surface area contributed by atoms with Crippen molar-refractivity contribution in [1.29, 1.82) is 0 Å². The largest absolute Gasteiger partial charge is 0.469 e. The van der Waals surface area contributed by atoms with Gasteiger partial charge in [-0.3, -0.25) is 4.79 Å². The van der Waals surface area contributed by atoms with Crippen molar-refractivity contribution in [2.45, 2.75) is 6.42 Å². The van der Waals surface area contributed by atoms with Crippen molar-refractivity contribution in [2.24, 2.45) is 5.73 Å². The van der Waals surface area contributed by atoms with Crippen molar-refractivity contribution in [3.8, 4) is 0 Å². The van der Waals surface area contributed by atoms with Crippen LogP contribution >= 0.6 is 0 Å². The Bertz CT molecular complexity index is 209. The molecule has 0 amide bonds. The molecule has 0 aromatic rings. The Morgan fingerprint density at radius 1 is 1.33 bits per heavy atom. The number of hydrogen-bond acceptors (Lipinski definition) is 5. The summed E-state index contributed by atoms with van der Waals surface area (Å²) in [6.45, 7) is 0. The van der Waals surface area contributed by atoms with Gasteiger partial charge in [-0.05, 0) is 0 Å². The molecule has 0 radical (unpaired) electrons. The van der Waals surface area contributed by atoms with Crippen LogP contribution in [-0.4, -0.2) is 26.2 Å². The molecule has 0 fully saturated rings. The fourth-order valence-corrected chi connectivity index (χ4v) is 0.500. The van der Waals surface area contributed by atoms with E-state index in [1.54, 1.807) is 0 Å². The Hall–Kier alpha value is -1.52. The van der Waals surface area contributed by atoms with Crippen LogP contribution in [0.1, 0.15) is 6.42 Å². The van der Waals surface area contributed by atoms with Crippen molar-refractivity contribution in [1.82, 2.24) is 0 Å². The maximum atomic E-state index is 10.6. The standard InChI is InChI=1S/C7H11NO4/c1-11-6(9)3-5(8)4-7(10)12-2/h3H,4,8H2,1-2H3. The van der Waals surface area contributed by atoms with E-state index in [0.29, 0.717) is 0 Å². The van der Waals surface area contributed by atoms with E-state index >= 15 is 0 Å². The van der Waals surface area contributed by atoms with Crippen molar-refractivity contribution < 1.29 is 19.1 Å². The first-order valence-electron chi connectivity index (χ1n) is 3.21. The minimum absolute atomic E-state index is 0.106. The van der Waals surface area contributed by atoms with Crippen molar-refractivity contribution in [2.75, 3.05) is 14.2 Å². The summed E-state index contributed by atoms with van der Waals surface area (Å²) in [6, 6.07) is 0. The molecular formula is C7H11NO4. The Morgan fingerprint density at radius 2 is 1.92 bits per heavy atom. The number of nitrogens with two attached hydrogens (primary N) is 1. The quantitative estimate of drug-likeness (QED) is 0.462. The van der Waals surface area contributed by atoms with Crippen LogP contribution in [0.15, 0.2) is 11.8 Å². The Morgan fingerprint density at radius 3 is 2.33 bits per heavy atom. The zero-order chi connectivity index (χ0) is 9.56. The van der Waals surface area contributed by atoms with E-state index < -0.39 is 11.9 Å². The van der Waals surface area contributed by atoms with Crippen LogP contribution in [0.3, 0.4) is 0 Å². The predicted molar refractivity (Wildman–Crippen MR) is 40.9 cm³/mol. The smallest absolute Gasteiger partial charge is 0.332 e. The minimum Gasteiger partial charge on any atom is -0.469 e. The molecule has 0 spiro atoms. The summed E-state index contributed by atoms with van der Waals surface area (Å²) in [4.78, 5) is 21.2. The molecule has 0 aliphatic rings. The van der Waals surface area contributed by atoms with Gasteiger partial charge in [0, 0.05) is 11.8 Å². The van der Waals surface area contributed by atoms with Gasteiger partial charge in [-0.1, -0.05) is 0 Å². The molecule has 0 heterocycles. The van der Waals surface area contributed by atoms with Gasteiger partial charge in [0.2, 0.25) is 0 Å². The molecule has 0 aliphatic heterocycles. The summed E-state index contributed by atoms with van der Waals surface area (Å²) in [5, 5.41) is 0. The summed E-state index contributed by atoms with van der Waals surface area (Å²) >= 11 is 0. The Labute approximate surface area is 70.1 Å². The van der Waals surface area contributed by atoms with E-state index in [2.05, 4.69) is 9.47 Å². The molecule has 12 heavy (non-hydrogen) atoms. The molecule has 0 atom stereocenters. The predicted octanol–water partition coefficient (Wildman–Crippen LogP) is -0.435. The van der Waals surface area contributed by atoms with Gasteiger partial charge >= 0.3 is 11.9 Å². The molecule has 0 unspecified atom stereocenters. The van der Waals surface area contributed by atoms with E-state index in [0.717, 1.165) is 6.08 Å². The number of methoxy groups -OCH3 is 2. The lowest BCUT2D eigenvalue weighted by molar-refractivity contribution is -0.139. The highest BCUT2D eigenvalue weighted by Crippen LogP contribution is 1.94. The third kappa shape index (κ3) is 4.32. The van der Waals surface area contributed by atoms with Gasteiger partial charge in [-0.25, -0.2) is 4.79 Å². The highest BCUT2D eigenvalue weighted by Gasteiger charge is 2.03. The number of ether oxygens (including phenoxy) is 2. The summed E-state index contributed by atoms with van der Waals surface area (Å²) in [5.74, 6) is -1.08. The lowest BCUT2D eigenvalue weighted by atomic mass is 10.3. The highest BCUT2D eigenvalue weighted by atomic mass is 16.5. The van der Waals surface area contributed by atoms with Crippen LogP contribution in [-0.2, 0) is 19.1 Å².